The smallest absolute Gasteiger partial charge is 0.120 e. The number of benzene rings is 1. The van der Waals surface area contributed by atoms with Crippen LogP contribution in [-0.4, -0.2) is 9.55 Å². The molecule has 0 N–H and O–H groups in total. The Hall–Kier alpha value is -2.60. The second-order valence-electron chi connectivity index (χ2n) is 4.16. The number of nitriles is 1. The van der Waals surface area contributed by atoms with Gasteiger partial charge in [-0.3, -0.25) is 4.98 Å². The average molecular weight is 233 g/mol. The molecule has 1 aromatic carbocycles. The lowest BCUT2D eigenvalue weighted by atomic mass is 10.1. The van der Waals surface area contributed by atoms with Gasteiger partial charge < -0.3 is 4.57 Å². The first-order valence-electron chi connectivity index (χ1n) is 5.76. The van der Waals surface area contributed by atoms with Crippen LogP contribution in [0.4, 0.5) is 0 Å². The van der Waals surface area contributed by atoms with Crippen LogP contribution in [0.25, 0.3) is 10.9 Å². The van der Waals surface area contributed by atoms with Crippen molar-refractivity contribution in [3.8, 4) is 6.07 Å². The predicted octanol–water partition coefficient (Wildman–Crippen LogP) is 2.96. The molecule has 0 saturated carbocycles. The van der Waals surface area contributed by atoms with Crippen LogP contribution in [-0.2, 0) is 6.54 Å². The first-order valence-corrected chi connectivity index (χ1v) is 5.76. The average Bonchev–Trinajstić information content (AvgIpc) is 2.86. The molecule has 0 aliphatic heterocycles. The molecule has 0 aliphatic carbocycles. The molecule has 3 aromatic rings. The maximum Gasteiger partial charge on any atom is 0.120 e. The summed E-state index contributed by atoms with van der Waals surface area (Å²) in [4.78, 5) is 4.29. The second-order valence-corrected chi connectivity index (χ2v) is 4.16. The minimum Gasteiger partial charge on any atom is -0.335 e. The highest BCUT2D eigenvalue weighted by molar-refractivity contribution is 5.78. The van der Waals surface area contributed by atoms with Gasteiger partial charge in [-0.15, -0.1) is 0 Å². The minimum atomic E-state index is 0.682. The van der Waals surface area contributed by atoms with Gasteiger partial charge in [0.1, 0.15) is 11.8 Å². The van der Waals surface area contributed by atoms with E-state index in [0.717, 1.165) is 10.9 Å². The van der Waals surface area contributed by atoms with E-state index < -0.39 is 0 Å². The zero-order chi connectivity index (χ0) is 12.4. The quantitative estimate of drug-likeness (QED) is 0.682. The van der Waals surface area contributed by atoms with Gasteiger partial charge in [0, 0.05) is 24.3 Å². The molecule has 0 amide bonds. The highest BCUT2D eigenvalue weighted by atomic mass is 15.0. The Morgan fingerprint density at radius 3 is 3.00 bits per heavy atom. The van der Waals surface area contributed by atoms with Crippen molar-refractivity contribution in [1.29, 1.82) is 5.26 Å². The standard InChI is InChI=1S/C15H11N3/c16-10-14-4-2-8-18(14)11-12-5-6-15-13(9-12)3-1-7-17-15/h1-9H,11H2. The summed E-state index contributed by atoms with van der Waals surface area (Å²) in [5.41, 5.74) is 2.85. The zero-order valence-electron chi connectivity index (χ0n) is 9.74. The van der Waals surface area contributed by atoms with Gasteiger partial charge in [-0.2, -0.15) is 5.26 Å². The van der Waals surface area contributed by atoms with E-state index in [0.29, 0.717) is 12.2 Å². The molecular formula is C15H11N3. The molecule has 2 heterocycles. The summed E-state index contributed by atoms with van der Waals surface area (Å²) in [5.74, 6) is 0. The monoisotopic (exact) mass is 233 g/mol. The maximum absolute atomic E-state index is 8.98. The van der Waals surface area contributed by atoms with E-state index in [1.54, 1.807) is 6.20 Å². The minimum absolute atomic E-state index is 0.682. The SMILES string of the molecule is N#Cc1cccn1Cc1ccc2ncccc2c1. The van der Waals surface area contributed by atoms with Gasteiger partial charge in [-0.05, 0) is 35.9 Å². The van der Waals surface area contributed by atoms with Gasteiger partial charge in [-0.1, -0.05) is 12.1 Å². The van der Waals surface area contributed by atoms with Crippen LogP contribution in [0.1, 0.15) is 11.3 Å². The molecule has 0 atom stereocenters. The van der Waals surface area contributed by atoms with Crippen LogP contribution in [0.15, 0.2) is 54.9 Å². The second kappa shape index (κ2) is 4.34. The van der Waals surface area contributed by atoms with Crippen LogP contribution in [0.3, 0.4) is 0 Å². The highest BCUT2D eigenvalue weighted by Crippen LogP contribution is 2.15. The lowest BCUT2D eigenvalue weighted by molar-refractivity contribution is 0.794. The van der Waals surface area contributed by atoms with Crippen molar-refractivity contribution in [3.63, 3.8) is 0 Å². The molecular weight excluding hydrogens is 222 g/mol. The number of aromatic nitrogens is 2. The number of pyridine rings is 1. The molecule has 0 unspecified atom stereocenters. The highest BCUT2D eigenvalue weighted by Gasteiger charge is 2.01. The van der Waals surface area contributed by atoms with E-state index in [9.17, 15) is 0 Å². The van der Waals surface area contributed by atoms with Gasteiger partial charge >= 0.3 is 0 Å². The number of nitrogens with zero attached hydrogens (tertiary/aromatic N) is 3. The first-order chi connectivity index (χ1) is 8.86. The number of fused-ring (bicyclic) bond motifs is 1. The summed E-state index contributed by atoms with van der Waals surface area (Å²) in [5, 5.41) is 10.1. The summed E-state index contributed by atoms with van der Waals surface area (Å²) < 4.78 is 1.94. The normalized spacial score (nSPS) is 10.4. The van der Waals surface area contributed by atoms with Crippen LogP contribution >= 0.6 is 0 Å². The maximum atomic E-state index is 8.98. The predicted molar refractivity (Wildman–Crippen MR) is 70.0 cm³/mol. The molecule has 0 radical (unpaired) electrons. The molecule has 86 valence electrons. The lowest BCUT2D eigenvalue weighted by Crippen LogP contribution is -2.00. The molecule has 0 aliphatic rings. The summed E-state index contributed by atoms with van der Waals surface area (Å²) in [6, 6.07) is 16.1. The van der Waals surface area contributed by atoms with Crippen molar-refractivity contribution in [2.24, 2.45) is 0 Å². The van der Waals surface area contributed by atoms with E-state index in [4.69, 9.17) is 5.26 Å². The Bertz CT molecular complexity index is 735. The molecule has 0 saturated heterocycles. The number of hydrogen-bond acceptors (Lipinski definition) is 2. The molecule has 18 heavy (non-hydrogen) atoms. The zero-order valence-corrected chi connectivity index (χ0v) is 9.74. The number of rotatable bonds is 2. The third-order valence-electron chi connectivity index (χ3n) is 2.96. The van der Waals surface area contributed by atoms with Gasteiger partial charge in [0.2, 0.25) is 0 Å². The first kappa shape index (κ1) is 10.5. The topological polar surface area (TPSA) is 41.6 Å². The van der Waals surface area contributed by atoms with Crippen molar-refractivity contribution < 1.29 is 0 Å². The van der Waals surface area contributed by atoms with Crippen molar-refractivity contribution >= 4 is 10.9 Å². The third kappa shape index (κ3) is 1.85. The van der Waals surface area contributed by atoms with E-state index >= 15 is 0 Å². The van der Waals surface area contributed by atoms with Crippen LogP contribution in [0.2, 0.25) is 0 Å². The van der Waals surface area contributed by atoms with Gasteiger partial charge in [0.05, 0.1) is 5.52 Å². The van der Waals surface area contributed by atoms with Gasteiger partial charge in [-0.25, -0.2) is 0 Å². The third-order valence-corrected chi connectivity index (χ3v) is 2.96. The molecule has 2 aromatic heterocycles. The van der Waals surface area contributed by atoms with Crippen molar-refractivity contribution in [2.75, 3.05) is 0 Å². The van der Waals surface area contributed by atoms with E-state index in [1.807, 2.05) is 41.1 Å². The fraction of sp³-hybridized carbons (Fsp3) is 0.0667. The molecule has 3 heteroatoms. The molecule has 3 nitrogen and oxygen atoms in total. The fourth-order valence-corrected chi connectivity index (χ4v) is 2.07. The van der Waals surface area contributed by atoms with E-state index in [-0.39, 0.29) is 0 Å². The van der Waals surface area contributed by atoms with Gasteiger partial charge in [0.15, 0.2) is 0 Å². The van der Waals surface area contributed by atoms with Crippen molar-refractivity contribution in [3.05, 3.63) is 66.1 Å². The Balaban J connectivity index is 1.98. The summed E-state index contributed by atoms with van der Waals surface area (Å²) >= 11 is 0. The number of hydrogen-bond donors (Lipinski definition) is 0. The molecule has 0 fully saturated rings. The van der Waals surface area contributed by atoms with Crippen LogP contribution in [0.5, 0.6) is 0 Å². The van der Waals surface area contributed by atoms with Crippen molar-refractivity contribution in [1.82, 2.24) is 9.55 Å². The van der Waals surface area contributed by atoms with Crippen molar-refractivity contribution in [2.45, 2.75) is 6.54 Å². The Morgan fingerprint density at radius 2 is 2.11 bits per heavy atom. The van der Waals surface area contributed by atoms with Crippen LogP contribution < -0.4 is 0 Å². The van der Waals surface area contributed by atoms with E-state index in [2.05, 4.69) is 23.2 Å². The lowest BCUT2D eigenvalue weighted by Gasteiger charge is -2.06. The largest absolute Gasteiger partial charge is 0.335 e. The fourth-order valence-electron chi connectivity index (χ4n) is 2.07. The summed E-state index contributed by atoms with van der Waals surface area (Å²) in [7, 11) is 0. The summed E-state index contributed by atoms with van der Waals surface area (Å²) in [6.45, 7) is 0.709. The summed E-state index contributed by atoms with van der Waals surface area (Å²) in [6.07, 6.45) is 3.72. The molecule has 0 bridgehead atoms. The Kier molecular flexibility index (Phi) is 2.54. The van der Waals surface area contributed by atoms with E-state index in [1.165, 1.54) is 5.56 Å². The Labute approximate surface area is 105 Å². The van der Waals surface area contributed by atoms with Crippen LogP contribution in [0, 0.1) is 11.3 Å². The van der Waals surface area contributed by atoms with Gasteiger partial charge in [0.25, 0.3) is 0 Å². The molecule has 0 spiro atoms. The molecule has 3 rings (SSSR count). The Morgan fingerprint density at radius 1 is 1.17 bits per heavy atom.